The molecule has 0 aliphatic heterocycles. The van der Waals surface area contributed by atoms with E-state index in [1.54, 1.807) is 0 Å². The van der Waals surface area contributed by atoms with Gasteiger partial charge in [0.1, 0.15) is 0 Å². The second-order valence-corrected chi connectivity index (χ2v) is 8.45. The first-order chi connectivity index (χ1) is 14.1. The summed E-state index contributed by atoms with van der Waals surface area (Å²) in [6.07, 6.45) is 0. The molecular weight excluding hydrogens is 350 g/mol. The summed E-state index contributed by atoms with van der Waals surface area (Å²) in [6.45, 7) is 4.59. The minimum Gasteiger partial charge on any atom is -0.247 e. The molecule has 1 nitrogen and oxygen atoms in total. The fourth-order valence-electron chi connectivity index (χ4n) is 4.96. The van der Waals surface area contributed by atoms with Crippen molar-refractivity contribution in [2.24, 2.45) is 0 Å². The van der Waals surface area contributed by atoms with E-state index in [0.29, 0.717) is 0 Å². The molecule has 1 aromatic heterocycles. The normalized spacial score (nSPS) is 14.1. The number of benzene rings is 4. The van der Waals surface area contributed by atoms with E-state index in [-0.39, 0.29) is 5.41 Å². The number of aromatic nitrogens is 1. The number of hydrogen-bond acceptors (Lipinski definition) is 1. The van der Waals surface area contributed by atoms with E-state index in [1.807, 2.05) is 0 Å². The molecule has 0 fully saturated rings. The van der Waals surface area contributed by atoms with Crippen LogP contribution >= 0.6 is 0 Å². The lowest BCUT2D eigenvalue weighted by atomic mass is 9.83. The Kier molecular flexibility index (Phi) is 3.29. The van der Waals surface area contributed by atoms with Crippen molar-refractivity contribution in [3.05, 3.63) is 102 Å². The number of rotatable bonds is 1. The van der Waals surface area contributed by atoms with Crippen LogP contribution in [-0.4, -0.2) is 4.98 Å². The molecule has 0 spiro atoms. The predicted molar refractivity (Wildman–Crippen MR) is 122 cm³/mol. The van der Waals surface area contributed by atoms with Crippen LogP contribution in [0.4, 0.5) is 0 Å². The van der Waals surface area contributed by atoms with Crippen LogP contribution in [0.5, 0.6) is 0 Å². The summed E-state index contributed by atoms with van der Waals surface area (Å²) in [5, 5.41) is 5.08. The highest BCUT2D eigenvalue weighted by atomic mass is 14.7. The maximum Gasteiger partial charge on any atom is 0.0753 e. The number of hydrogen-bond donors (Lipinski definition) is 0. The molecule has 0 saturated carbocycles. The molecule has 1 heterocycles. The van der Waals surface area contributed by atoms with Gasteiger partial charge in [0.25, 0.3) is 0 Å². The van der Waals surface area contributed by atoms with E-state index in [2.05, 4.69) is 105 Å². The lowest BCUT2D eigenvalue weighted by molar-refractivity contribution is 0.659. The fraction of sp³-hybridized carbons (Fsp3) is 0.107. The summed E-state index contributed by atoms with van der Waals surface area (Å²) < 4.78 is 0. The molecule has 0 saturated heterocycles. The van der Waals surface area contributed by atoms with Crippen LogP contribution in [0.2, 0.25) is 0 Å². The number of fused-ring (bicyclic) bond motifs is 6. The maximum absolute atomic E-state index is 5.22. The molecule has 4 aromatic carbocycles. The van der Waals surface area contributed by atoms with Crippen molar-refractivity contribution in [1.29, 1.82) is 0 Å². The first kappa shape index (κ1) is 16.5. The topological polar surface area (TPSA) is 12.9 Å². The zero-order valence-corrected chi connectivity index (χ0v) is 16.6. The zero-order chi connectivity index (χ0) is 19.6. The van der Waals surface area contributed by atoms with Crippen LogP contribution in [0.1, 0.15) is 25.0 Å². The average Bonchev–Trinajstić information content (AvgIpc) is 3.00. The molecule has 1 aliphatic rings. The third kappa shape index (κ3) is 2.25. The van der Waals surface area contributed by atoms with E-state index in [0.717, 1.165) is 11.4 Å². The van der Waals surface area contributed by atoms with Gasteiger partial charge in [-0.15, -0.1) is 0 Å². The van der Waals surface area contributed by atoms with Crippen molar-refractivity contribution in [3.63, 3.8) is 0 Å². The Morgan fingerprint density at radius 2 is 1.28 bits per heavy atom. The largest absolute Gasteiger partial charge is 0.247 e. The lowest BCUT2D eigenvalue weighted by Gasteiger charge is -2.21. The molecule has 1 aliphatic carbocycles. The molecule has 6 rings (SSSR count). The van der Waals surface area contributed by atoms with E-state index < -0.39 is 0 Å². The van der Waals surface area contributed by atoms with Gasteiger partial charge in [0.15, 0.2) is 0 Å². The Bertz CT molecular complexity index is 1430. The van der Waals surface area contributed by atoms with Crippen LogP contribution in [0.25, 0.3) is 44.1 Å². The van der Waals surface area contributed by atoms with Gasteiger partial charge < -0.3 is 0 Å². The monoisotopic (exact) mass is 371 g/mol. The van der Waals surface area contributed by atoms with Gasteiger partial charge >= 0.3 is 0 Å². The van der Waals surface area contributed by atoms with E-state index >= 15 is 0 Å². The third-order valence-electron chi connectivity index (χ3n) is 6.47. The molecule has 0 bridgehead atoms. The second-order valence-electron chi connectivity index (χ2n) is 8.45. The summed E-state index contributed by atoms with van der Waals surface area (Å²) in [5.41, 5.74) is 7.29. The van der Waals surface area contributed by atoms with Crippen molar-refractivity contribution in [3.8, 4) is 22.5 Å². The minimum absolute atomic E-state index is 0.0110. The molecule has 29 heavy (non-hydrogen) atoms. The van der Waals surface area contributed by atoms with Gasteiger partial charge in [-0.3, -0.25) is 0 Å². The Morgan fingerprint density at radius 1 is 0.586 bits per heavy atom. The molecule has 0 radical (unpaired) electrons. The Hall–Kier alpha value is -3.45. The molecular formula is C28H21N. The fourth-order valence-corrected chi connectivity index (χ4v) is 4.96. The van der Waals surface area contributed by atoms with Crippen molar-refractivity contribution >= 4 is 21.5 Å². The van der Waals surface area contributed by atoms with Gasteiger partial charge in [-0.25, -0.2) is 4.98 Å². The number of pyridine rings is 1. The highest BCUT2D eigenvalue weighted by Gasteiger charge is 2.36. The Labute approximate surface area is 170 Å². The van der Waals surface area contributed by atoms with Crippen LogP contribution in [0.3, 0.4) is 0 Å². The third-order valence-corrected chi connectivity index (χ3v) is 6.47. The van der Waals surface area contributed by atoms with Crippen molar-refractivity contribution in [1.82, 2.24) is 4.98 Å². The maximum atomic E-state index is 5.22. The summed E-state index contributed by atoms with van der Waals surface area (Å²) in [4.78, 5) is 5.22. The first-order valence-corrected chi connectivity index (χ1v) is 10.2. The molecule has 0 N–H and O–H groups in total. The van der Waals surface area contributed by atoms with Crippen LogP contribution in [-0.2, 0) is 5.41 Å². The summed E-state index contributed by atoms with van der Waals surface area (Å²) in [6, 6.07) is 32.7. The number of nitrogens with zero attached hydrogens (tertiary/aromatic N) is 1. The molecule has 0 atom stereocenters. The lowest BCUT2D eigenvalue weighted by Crippen LogP contribution is -2.14. The SMILES string of the molecule is CC1(C)c2ccccc2-c2nc(-c3cc4ccccc4c4ccccc34)ccc21. The van der Waals surface area contributed by atoms with Crippen molar-refractivity contribution in [2.75, 3.05) is 0 Å². The van der Waals surface area contributed by atoms with Gasteiger partial charge in [0.2, 0.25) is 0 Å². The Morgan fingerprint density at radius 3 is 2.14 bits per heavy atom. The molecule has 0 amide bonds. The highest BCUT2D eigenvalue weighted by Crippen LogP contribution is 2.48. The zero-order valence-electron chi connectivity index (χ0n) is 16.6. The minimum atomic E-state index is -0.0110. The average molecular weight is 371 g/mol. The van der Waals surface area contributed by atoms with Crippen LogP contribution in [0.15, 0.2) is 91.0 Å². The summed E-state index contributed by atoms with van der Waals surface area (Å²) >= 11 is 0. The quantitative estimate of drug-likeness (QED) is 0.280. The summed E-state index contributed by atoms with van der Waals surface area (Å²) in [7, 11) is 0. The van der Waals surface area contributed by atoms with Gasteiger partial charge in [-0.1, -0.05) is 92.7 Å². The van der Waals surface area contributed by atoms with E-state index in [4.69, 9.17) is 4.98 Å². The molecule has 0 unspecified atom stereocenters. The van der Waals surface area contributed by atoms with E-state index in [9.17, 15) is 0 Å². The second kappa shape index (κ2) is 5.78. The van der Waals surface area contributed by atoms with Gasteiger partial charge in [0.05, 0.1) is 11.4 Å². The smallest absolute Gasteiger partial charge is 0.0753 e. The predicted octanol–water partition coefficient (Wildman–Crippen LogP) is 7.36. The van der Waals surface area contributed by atoms with Crippen LogP contribution in [0, 0.1) is 0 Å². The van der Waals surface area contributed by atoms with E-state index in [1.165, 1.54) is 43.8 Å². The van der Waals surface area contributed by atoms with Gasteiger partial charge in [0, 0.05) is 16.5 Å². The Balaban J connectivity index is 1.67. The molecule has 138 valence electrons. The van der Waals surface area contributed by atoms with Gasteiger partial charge in [-0.05, 0) is 44.8 Å². The van der Waals surface area contributed by atoms with Crippen LogP contribution < -0.4 is 0 Å². The van der Waals surface area contributed by atoms with Crippen molar-refractivity contribution in [2.45, 2.75) is 19.3 Å². The van der Waals surface area contributed by atoms with Crippen molar-refractivity contribution < 1.29 is 0 Å². The first-order valence-electron chi connectivity index (χ1n) is 10.2. The molecule has 5 aromatic rings. The summed E-state index contributed by atoms with van der Waals surface area (Å²) in [5.74, 6) is 0. The van der Waals surface area contributed by atoms with Gasteiger partial charge in [-0.2, -0.15) is 0 Å². The standard InChI is InChI=1S/C28H21N/c1-28(2)24-14-8-7-13-22(24)27-25(28)15-16-26(29-27)23-17-18-9-3-4-10-19(18)20-11-5-6-12-21(20)23/h3-17H,1-2H3. The highest BCUT2D eigenvalue weighted by molar-refractivity contribution is 6.13. The molecule has 1 heteroatoms.